The molecule has 3 atom stereocenters. The van der Waals surface area contributed by atoms with E-state index in [0.29, 0.717) is 5.88 Å². The topological polar surface area (TPSA) is 170 Å². The van der Waals surface area contributed by atoms with Gasteiger partial charge in [-0.05, 0) is 58.5 Å². The lowest BCUT2D eigenvalue weighted by molar-refractivity contribution is 0.0696. The molecule has 4 aromatic heterocycles. The van der Waals surface area contributed by atoms with Gasteiger partial charge in [0.15, 0.2) is 11.2 Å². The summed E-state index contributed by atoms with van der Waals surface area (Å²) in [6, 6.07) is 7.07. The van der Waals surface area contributed by atoms with Gasteiger partial charge in [-0.2, -0.15) is 0 Å². The second kappa shape index (κ2) is 13.3. The number of nitrogens with one attached hydrogen (secondary N) is 1. The van der Waals surface area contributed by atoms with Gasteiger partial charge in [-0.15, -0.1) is 0 Å². The average molecular weight is 595 g/mol. The molecule has 1 saturated heterocycles. The van der Waals surface area contributed by atoms with Gasteiger partial charge in [0, 0.05) is 50.3 Å². The predicted octanol–water partition coefficient (Wildman–Crippen LogP) is 0.925. The van der Waals surface area contributed by atoms with E-state index in [1.54, 1.807) is 23.9 Å². The summed E-state index contributed by atoms with van der Waals surface area (Å²) in [6.07, 6.45) is 6.98. The van der Waals surface area contributed by atoms with Crippen molar-refractivity contribution in [1.82, 2.24) is 38.9 Å². The van der Waals surface area contributed by atoms with E-state index in [1.807, 2.05) is 13.0 Å². The second-order valence-electron chi connectivity index (χ2n) is 10.8. The van der Waals surface area contributed by atoms with Crippen LogP contribution in [0.3, 0.4) is 0 Å². The molecule has 1 aliphatic rings. The van der Waals surface area contributed by atoms with Crippen LogP contribution < -0.4 is 21.3 Å². The van der Waals surface area contributed by atoms with Crippen molar-refractivity contribution >= 4 is 17.1 Å². The highest BCUT2D eigenvalue weighted by atomic mass is 16.5. The Morgan fingerprint density at radius 1 is 1.14 bits per heavy atom. The maximum absolute atomic E-state index is 12.6. The molecule has 5 rings (SSSR count). The molecule has 4 aromatic rings. The summed E-state index contributed by atoms with van der Waals surface area (Å²) in [5, 5.41) is 22.1. The van der Waals surface area contributed by atoms with Crippen molar-refractivity contribution in [2.24, 2.45) is 14.1 Å². The SMILES string of the molecule is CC(NCC(O)Cn1cnc2c1c(=O)n(C)c(=O)n2C)Oc1ncccc1[C@]1(C)CCCN1C.O=C(O)c1cccnc1. The van der Waals surface area contributed by atoms with Crippen molar-refractivity contribution < 1.29 is 19.7 Å². The Morgan fingerprint density at radius 3 is 2.51 bits per heavy atom. The summed E-state index contributed by atoms with van der Waals surface area (Å²) in [6.45, 7) is 5.48. The van der Waals surface area contributed by atoms with E-state index in [4.69, 9.17) is 9.84 Å². The van der Waals surface area contributed by atoms with Gasteiger partial charge in [0.25, 0.3) is 5.56 Å². The maximum Gasteiger partial charge on any atom is 0.337 e. The number of aliphatic hydroxyl groups is 1. The van der Waals surface area contributed by atoms with Gasteiger partial charge in [0.1, 0.15) is 6.23 Å². The number of nitrogens with zero attached hydrogens (tertiary/aromatic N) is 7. The number of fused-ring (bicyclic) bond motifs is 1. The first kappa shape index (κ1) is 31.5. The highest BCUT2D eigenvalue weighted by molar-refractivity contribution is 5.86. The number of likely N-dealkylation sites (tertiary alicyclic amines) is 1. The molecule has 43 heavy (non-hydrogen) atoms. The third kappa shape index (κ3) is 6.82. The molecule has 14 heteroatoms. The molecule has 0 radical (unpaired) electrons. The number of ether oxygens (including phenoxy) is 1. The van der Waals surface area contributed by atoms with Crippen LogP contribution in [0.5, 0.6) is 5.88 Å². The molecule has 1 fully saturated rings. The standard InChI is InChI=1S/C23H33N7O4.C6H5NO2/c1-15(34-20-17(8-6-10-24-20)23(2)9-7-11-27(23)3)25-12-16(31)13-30-14-26-19-18(30)21(32)29(5)22(33)28(19)4;8-6(9)5-2-1-3-7-4-5/h6,8,10,14-16,25,31H,7,9,11-13H2,1-5H3;1-4H,(H,8,9)/t15?,16?,23-;/m0./s1. The molecule has 0 saturated carbocycles. The van der Waals surface area contributed by atoms with Gasteiger partial charge in [0.05, 0.1) is 24.5 Å². The number of pyridine rings is 2. The lowest BCUT2D eigenvalue weighted by Gasteiger charge is -2.34. The molecule has 5 heterocycles. The minimum atomic E-state index is -0.942. The summed E-state index contributed by atoms with van der Waals surface area (Å²) < 4.78 is 10.0. The lowest BCUT2D eigenvalue weighted by Crippen LogP contribution is -2.41. The zero-order chi connectivity index (χ0) is 31.3. The minimum absolute atomic E-state index is 0.127. The zero-order valence-corrected chi connectivity index (χ0v) is 25.0. The fraction of sp³-hybridized carbons (Fsp3) is 0.448. The number of aryl methyl sites for hydroxylation is 1. The number of hydrogen-bond acceptors (Lipinski definition) is 10. The molecule has 3 N–H and O–H groups in total. The van der Waals surface area contributed by atoms with E-state index in [0.717, 1.165) is 29.5 Å². The first-order valence-electron chi connectivity index (χ1n) is 13.9. The highest BCUT2D eigenvalue weighted by Gasteiger charge is 2.38. The van der Waals surface area contributed by atoms with Crippen LogP contribution in [0.4, 0.5) is 0 Å². The zero-order valence-electron chi connectivity index (χ0n) is 25.0. The van der Waals surface area contributed by atoms with Gasteiger partial charge in [-0.1, -0.05) is 6.07 Å². The molecule has 0 spiro atoms. The van der Waals surface area contributed by atoms with Gasteiger partial charge in [-0.25, -0.2) is 19.6 Å². The first-order chi connectivity index (χ1) is 20.4. The third-order valence-electron chi connectivity index (χ3n) is 7.81. The number of imidazole rings is 1. The predicted molar refractivity (Wildman–Crippen MR) is 159 cm³/mol. The first-order valence-corrected chi connectivity index (χ1v) is 13.9. The second-order valence-corrected chi connectivity index (χ2v) is 10.8. The molecule has 0 aromatic carbocycles. The van der Waals surface area contributed by atoms with Crippen LogP contribution in [-0.4, -0.2) is 82.2 Å². The average Bonchev–Trinajstić information content (AvgIpc) is 3.57. The van der Waals surface area contributed by atoms with Crippen LogP contribution in [0, 0.1) is 0 Å². The number of carboxylic acid groups (broad SMARTS) is 1. The fourth-order valence-corrected chi connectivity index (χ4v) is 5.16. The summed E-state index contributed by atoms with van der Waals surface area (Å²) in [5.74, 6) is -0.360. The molecule has 230 valence electrons. The van der Waals surface area contributed by atoms with Crippen molar-refractivity contribution in [3.63, 3.8) is 0 Å². The molecular weight excluding hydrogens is 556 g/mol. The van der Waals surface area contributed by atoms with Crippen molar-refractivity contribution in [2.45, 2.75) is 51.1 Å². The quantitative estimate of drug-likeness (QED) is 0.236. The number of carbonyl (C=O) groups is 1. The Balaban J connectivity index is 0.000000403. The Hall–Kier alpha value is -4.40. The Bertz CT molecular complexity index is 1680. The molecule has 14 nitrogen and oxygen atoms in total. The number of aromatic nitrogens is 6. The molecule has 1 aliphatic heterocycles. The van der Waals surface area contributed by atoms with E-state index in [-0.39, 0.29) is 35.4 Å². The van der Waals surface area contributed by atoms with Gasteiger partial charge >= 0.3 is 11.7 Å². The summed E-state index contributed by atoms with van der Waals surface area (Å²) in [7, 11) is 5.11. The van der Waals surface area contributed by atoms with E-state index < -0.39 is 29.6 Å². The largest absolute Gasteiger partial charge is 0.478 e. The number of carboxylic acids is 1. The van der Waals surface area contributed by atoms with E-state index in [1.165, 1.54) is 36.4 Å². The third-order valence-corrected chi connectivity index (χ3v) is 7.81. The monoisotopic (exact) mass is 594 g/mol. The Kier molecular flexibility index (Phi) is 9.73. The number of aliphatic hydroxyl groups excluding tert-OH is 1. The molecule has 0 amide bonds. The molecule has 0 bridgehead atoms. The van der Waals surface area contributed by atoms with Crippen LogP contribution in [0.15, 0.2) is 58.8 Å². The summed E-state index contributed by atoms with van der Waals surface area (Å²) in [5.41, 5.74) is 0.825. The molecular formula is C29H38N8O6. The van der Waals surface area contributed by atoms with Crippen molar-refractivity contribution in [1.29, 1.82) is 0 Å². The van der Waals surface area contributed by atoms with Gasteiger partial charge in [0.2, 0.25) is 5.88 Å². The van der Waals surface area contributed by atoms with Crippen LogP contribution in [0.25, 0.3) is 11.2 Å². The van der Waals surface area contributed by atoms with Crippen LogP contribution >= 0.6 is 0 Å². The minimum Gasteiger partial charge on any atom is -0.478 e. The summed E-state index contributed by atoms with van der Waals surface area (Å²) in [4.78, 5) is 49.5. The number of aromatic carboxylic acids is 1. The van der Waals surface area contributed by atoms with E-state index in [9.17, 15) is 19.5 Å². The number of rotatable bonds is 9. The smallest absolute Gasteiger partial charge is 0.337 e. The van der Waals surface area contributed by atoms with Crippen LogP contribution in [0.2, 0.25) is 0 Å². The Labute approximate surface area is 248 Å². The van der Waals surface area contributed by atoms with E-state index in [2.05, 4.69) is 45.2 Å². The van der Waals surface area contributed by atoms with Gasteiger partial charge in [-0.3, -0.25) is 29.1 Å². The van der Waals surface area contributed by atoms with Crippen LogP contribution in [-0.2, 0) is 26.2 Å². The van der Waals surface area contributed by atoms with Crippen molar-refractivity contribution in [2.75, 3.05) is 20.1 Å². The number of hydrogen-bond donors (Lipinski definition) is 3. The Morgan fingerprint density at radius 2 is 1.88 bits per heavy atom. The highest BCUT2D eigenvalue weighted by Crippen LogP contribution is 2.40. The lowest BCUT2D eigenvalue weighted by atomic mass is 9.90. The normalized spacial score (nSPS) is 18.2. The summed E-state index contributed by atoms with van der Waals surface area (Å²) >= 11 is 0. The van der Waals surface area contributed by atoms with Crippen molar-refractivity contribution in [3.8, 4) is 5.88 Å². The van der Waals surface area contributed by atoms with Crippen molar-refractivity contribution in [3.05, 3.63) is 81.1 Å². The van der Waals surface area contributed by atoms with Gasteiger partial charge < -0.3 is 19.5 Å². The molecule has 0 aliphatic carbocycles. The fourth-order valence-electron chi connectivity index (χ4n) is 5.16. The maximum atomic E-state index is 12.6. The van der Waals surface area contributed by atoms with Crippen LogP contribution in [0.1, 0.15) is 42.6 Å². The molecule has 2 unspecified atom stereocenters. The van der Waals surface area contributed by atoms with E-state index >= 15 is 0 Å².